The smallest absolute Gasteiger partial charge is 0.234 e. The van der Waals surface area contributed by atoms with Gasteiger partial charge < -0.3 is 16.0 Å². The molecule has 1 heterocycles. The van der Waals surface area contributed by atoms with Gasteiger partial charge in [-0.25, -0.2) is 0 Å². The molecule has 1 saturated heterocycles. The highest BCUT2D eigenvalue weighted by atomic mass is 16.1. The molecule has 100 valence electrons. The van der Waals surface area contributed by atoms with E-state index in [1.54, 1.807) is 0 Å². The van der Waals surface area contributed by atoms with Crippen LogP contribution in [-0.4, -0.2) is 43.0 Å². The van der Waals surface area contributed by atoms with E-state index in [-0.39, 0.29) is 11.9 Å². The lowest BCUT2D eigenvalue weighted by Crippen LogP contribution is -2.40. The lowest BCUT2D eigenvalue weighted by atomic mass is 10.1. The Hall–Kier alpha value is -0.610. The molecule has 0 aromatic heterocycles. The Balaban J connectivity index is 2.12. The summed E-state index contributed by atoms with van der Waals surface area (Å²) in [6.45, 7) is 6.76. The maximum absolute atomic E-state index is 11.0. The summed E-state index contributed by atoms with van der Waals surface area (Å²) in [6, 6.07) is 0.370. The van der Waals surface area contributed by atoms with Gasteiger partial charge in [-0.3, -0.25) is 4.79 Å². The van der Waals surface area contributed by atoms with Gasteiger partial charge in [0, 0.05) is 6.04 Å². The van der Waals surface area contributed by atoms with Crippen LogP contribution in [0.2, 0.25) is 0 Å². The van der Waals surface area contributed by atoms with Gasteiger partial charge in [-0.15, -0.1) is 0 Å². The van der Waals surface area contributed by atoms with Crippen molar-refractivity contribution in [3.05, 3.63) is 0 Å². The van der Waals surface area contributed by atoms with E-state index in [9.17, 15) is 4.79 Å². The van der Waals surface area contributed by atoms with Crippen LogP contribution in [-0.2, 0) is 4.79 Å². The van der Waals surface area contributed by atoms with Crippen LogP contribution in [0.25, 0.3) is 0 Å². The Kier molecular flexibility index (Phi) is 5.92. The molecule has 1 aliphatic heterocycles. The molecule has 0 saturated carbocycles. The maximum atomic E-state index is 11.0. The topological polar surface area (TPSA) is 58.4 Å². The second kappa shape index (κ2) is 6.97. The Bertz CT molecular complexity index is 243. The Labute approximate surface area is 105 Å². The summed E-state index contributed by atoms with van der Waals surface area (Å²) in [5.74, 6) is 0.557. The summed E-state index contributed by atoms with van der Waals surface area (Å²) in [5, 5.41) is 3.31. The molecule has 17 heavy (non-hydrogen) atoms. The van der Waals surface area contributed by atoms with Gasteiger partial charge in [-0.05, 0) is 51.7 Å². The van der Waals surface area contributed by atoms with Crippen LogP contribution < -0.4 is 11.1 Å². The number of rotatable bonds is 7. The van der Waals surface area contributed by atoms with Crippen LogP contribution in [0.4, 0.5) is 0 Å². The summed E-state index contributed by atoms with van der Waals surface area (Å²) in [5.41, 5.74) is 5.29. The number of nitrogens with two attached hydrogens (primary N) is 1. The Morgan fingerprint density at radius 3 is 2.65 bits per heavy atom. The maximum Gasteiger partial charge on any atom is 0.234 e. The van der Waals surface area contributed by atoms with Gasteiger partial charge >= 0.3 is 0 Å². The summed E-state index contributed by atoms with van der Waals surface area (Å²) in [6.07, 6.45) is 4.33. The molecule has 0 aromatic carbocycles. The van der Waals surface area contributed by atoms with Gasteiger partial charge in [-0.1, -0.05) is 13.8 Å². The van der Waals surface area contributed by atoms with Crippen molar-refractivity contribution >= 4 is 5.91 Å². The molecule has 0 aliphatic carbocycles. The standard InChI is InChI=1S/C13H27N3O/c1-10(2)6-8-16(3)9-7-11-4-5-12(15-11)13(14)17/h10-12,15H,4-9H2,1-3H3,(H2,14,17). The molecule has 4 heteroatoms. The van der Waals surface area contributed by atoms with Gasteiger partial charge in [0.15, 0.2) is 0 Å². The highest BCUT2D eigenvalue weighted by molar-refractivity contribution is 5.80. The van der Waals surface area contributed by atoms with E-state index < -0.39 is 0 Å². The summed E-state index contributed by atoms with van der Waals surface area (Å²) < 4.78 is 0. The van der Waals surface area contributed by atoms with E-state index >= 15 is 0 Å². The zero-order chi connectivity index (χ0) is 12.8. The highest BCUT2D eigenvalue weighted by Crippen LogP contribution is 2.15. The number of hydrogen-bond acceptors (Lipinski definition) is 3. The van der Waals surface area contributed by atoms with Crippen LogP contribution in [0, 0.1) is 5.92 Å². The number of carbonyl (C=O) groups excluding carboxylic acids is 1. The van der Waals surface area contributed by atoms with Crippen molar-refractivity contribution in [1.29, 1.82) is 0 Å². The van der Waals surface area contributed by atoms with E-state index in [4.69, 9.17) is 5.73 Å². The lowest BCUT2D eigenvalue weighted by Gasteiger charge is -2.20. The van der Waals surface area contributed by atoms with Crippen molar-refractivity contribution in [2.75, 3.05) is 20.1 Å². The fourth-order valence-electron chi connectivity index (χ4n) is 2.24. The monoisotopic (exact) mass is 241 g/mol. The molecule has 0 bridgehead atoms. The molecule has 4 nitrogen and oxygen atoms in total. The molecule has 3 N–H and O–H groups in total. The van der Waals surface area contributed by atoms with E-state index in [0.29, 0.717) is 6.04 Å². The first-order chi connectivity index (χ1) is 7.99. The molecule has 1 rings (SSSR count). The number of amides is 1. The normalized spacial score (nSPS) is 24.8. The van der Waals surface area contributed by atoms with Crippen LogP contribution in [0.1, 0.15) is 39.5 Å². The quantitative estimate of drug-likeness (QED) is 0.698. The molecular weight excluding hydrogens is 214 g/mol. The van der Waals surface area contributed by atoms with Gasteiger partial charge in [0.25, 0.3) is 0 Å². The first-order valence-electron chi connectivity index (χ1n) is 6.73. The van der Waals surface area contributed by atoms with E-state index in [1.165, 1.54) is 6.42 Å². The van der Waals surface area contributed by atoms with Crippen molar-refractivity contribution in [3.63, 3.8) is 0 Å². The zero-order valence-electron chi connectivity index (χ0n) is 11.4. The van der Waals surface area contributed by atoms with Crippen molar-refractivity contribution in [2.45, 2.75) is 51.6 Å². The van der Waals surface area contributed by atoms with E-state index in [0.717, 1.165) is 38.3 Å². The molecule has 0 aromatic rings. The largest absolute Gasteiger partial charge is 0.368 e. The fraction of sp³-hybridized carbons (Fsp3) is 0.923. The average molecular weight is 241 g/mol. The van der Waals surface area contributed by atoms with Gasteiger partial charge in [0.1, 0.15) is 0 Å². The Morgan fingerprint density at radius 2 is 2.12 bits per heavy atom. The molecule has 1 amide bonds. The minimum absolute atomic E-state index is 0.0963. The van der Waals surface area contributed by atoms with Gasteiger partial charge in [0.2, 0.25) is 5.91 Å². The second-order valence-corrected chi connectivity index (χ2v) is 5.67. The number of hydrogen-bond donors (Lipinski definition) is 2. The third-order valence-electron chi connectivity index (χ3n) is 3.53. The molecule has 1 aliphatic rings. The number of nitrogens with zero attached hydrogens (tertiary/aromatic N) is 1. The predicted octanol–water partition coefficient (Wildman–Crippen LogP) is 0.960. The van der Waals surface area contributed by atoms with Crippen molar-refractivity contribution in [2.24, 2.45) is 11.7 Å². The predicted molar refractivity (Wildman–Crippen MR) is 70.7 cm³/mol. The first-order valence-corrected chi connectivity index (χ1v) is 6.73. The minimum Gasteiger partial charge on any atom is -0.368 e. The van der Waals surface area contributed by atoms with Crippen molar-refractivity contribution < 1.29 is 4.79 Å². The van der Waals surface area contributed by atoms with Crippen LogP contribution in [0.3, 0.4) is 0 Å². The summed E-state index contributed by atoms with van der Waals surface area (Å²) >= 11 is 0. The van der Waals surface area contributed by atoms with E-state index in [2.05, 4.69) is 31.1 Å². The molecule has 0 spiro atoms. The van der Waals surface area contributed by atoms with Crippen molar-refractivity contribution in [1.82, 2.24) is 10.2 Å². The fourth-order valence-corrected chi connectivity index (χ4v) is 2.24. The third kappa shape index (κ3) is 5.50. The second-order valence-electron chi connectivity index (χ2n) is 5.67. The Morgan fingerprint density at radius 1 is 1.41 bits per heavy atom. The number of carbonyl (C=O) groups is 1. The van der Waals surface area contributed by atoms with Crippen molar-refractivity contribution in [3.8, 4) is 0 Å². The van der Waals surface area contributed by atoms with E-state index in [1.807, 2.05) is 0 Å². The van der Waals surface area contributed by atoms with Crippen LogP contribution in [0.5, 0.6) is 0 Å². The number of nitrogens with one attached hydrogen (secondary N) is 1. The third-order valence-corrected chi connectivity index (χ3v) is 3.53. The average Bonchev–Trinajstić information content (AvgIpc) is 2.72. The lowest BCUT2D eigenvalue weighted by molar-refractivity contribution is -0.119. The highest BCUT2D eigenvalue weighted by Gasteiger charge is 2.26. The SMILES string of the molecule is CC(C)CCN(C)CCC1CCC(C(N)=O)N1. The molecule has 2 atom stereocenters. The van der Waals surface area contributed by atoms with Crippen LogP contribution in [0.15, 0.2) is 0 Å². The molecule has 2 unspecified atom stereocenters. The van der Waals surface area contributed by atoms with Crippen LogP contribution >= 0.6 is 0 Å². The molecule has 0 radical (unpaired) electrons. The summed E-state index contributed by atoms with van der Waals surface area (Å²) in [4.78, 5) is 13.4. The molecule has 1 fully saturated rings. The minimum atomic E-state index is -0.208. The van der Waals surface area contributed by atoms with Gasteiger partial charge in [-0.2, -0.15) is 0 Å². The molecular formula is C13H27N3O. The first kappa shape index (κ1) is 14.5. The number of primary amides is 1. The summed E-state index contributed by atoms with van der Waals surface area (Å²) in [7, 11) is 2.17. The van der Waals surface area contributed by atoms with Gasteiger partial charge in [0.05, 0.1) is 6.04 Å². The zero-order valence-corrected chi connectivity index (χ0v) is 11.4.